The Morgan fingerprint density at radius 3 is 2.44 bits per heavy atom. The topological polar surface area (TPSA) is 41.1 Å². The Morgan fingerprint density at radius 2 is 1.72 bits per heavy atom. The number of hydrogen-bond donors (Lipinski definition) is 1. The molecule has 2 aromatic carbocycles. The first kappa shape index (κ1) is 16.3. The quantitative estimate of drug-likeness (QED) is 0.752. The summed E-state index contributed by atoms with van der Waals surface area (Å²) >= 11 is 6.23. The molecule has 5 heteroatoms. The Balaban J connectivity index is 1.88. The maximum Gasteiger partial charge on any atom is 0.226 e. The Labute approximate surface area is 152 Å². The van der Waals surface area contributed by atoms with Gasteiger partial charge in [-0.1, -0.05) is 41.9 Å². The molecule has 1 N–H and O–H groups in total. The molecule has 1 aromatic heterocycles. The fraction of sp³-hybridized carbons (Fsp3) is 0.300. The maximum absolute atomic E-state index is 6.23. The Morgan fingerprint density at radius 1 is 1.00 bits per heavy atom. The number of benzene rings is 2. The van der Waals surface area contributed by atoms with Crippen molar-refractivity contribution in [1.82, 2.24) is 15.3 Å². The van der Waals surface area contributed by atoms with Crippen LogP contribution in [0.1, 0.15) is 13.8 Å². The minimum absolute atomic E-state index is 0.411. The molecule has 25 heavy (non-hydrogen) atoms. The van der Waals surface area contributed by atoms with E-state index in [0.29, 0.717) is 17.1 Å². The van der Waals surface area contributed by atoms with E-state index in [-0.39, 0.29) is 0 Å². The monoisotopic (exact) mass is 352 g/mol. The molecule has 0 radical (unpaired) electrons. The first-order valence-electron chi connectivity index (χ1n) is 8.64. The minimum Gasteiger partial charge on any atom is -0.338 e. The highest BCUT2D eigenvalue weighted by atomic mass is 35.5. The van der Waals surface area contributed by atoms with Crippen molar-refractivity contribution in [3.8, 4) is 11.3 Å². The second-order valence-corrected chi connectivity index (χ2v) is 7.21. The lowest BCUT2D eigenvalue weighted by atomic mass is 10.1. The van der Waals surface area contributed by atoms with Gasteiger partial charge in [0.15, 0.2) is 0 Å². The van der Waals surface area contributed by atoms with Gasteiger partial charge >= 0.3 is 0 Å². The van der Waals surface area contributed by atoms with Crippen LogP contribution in [0.15, 0.2) is 48.5 Å². The zero-order chi connectivity index (χ0) is 17.4. The molecule has 2 heterocycles. The third kappa shape index (κ3) is 3.32. The van der Waals surface area contributed by atoms with Crippen molar-refractivity contribution < 1.29 is 0 Å². The van der Waals surface area contributed by atoms with Gasteiger partial charge in [-0.2, -0.15) is 0 Å². The summed E-state index contributed by atoms with van der Waals surface area (Å²) in [5.74, 6) is 0.786. The van der Waals surface area contributed by atoms with Crippen LogP contribution in [0.25, 0.3) is 22.2 Å². The van der Waals surface area contributed by atoms with Crippen LogP contribution in [0.2, 0.25) is 5.02 Å². The molecule has 1 aliphatic rings. The highest BCUT2D eigenvalue weighted by molar-refractivity contribution is 6.31. The summed E-state index contributed by atoms with van der Waals surface area (Å²) < 4.78 is 0. The molecular weight excluding hydrogens is 332 g/mol. The van der Waals surface area contributed by atoms with Crippen molar-refractivity contribution in [2.75, 3.05) is 18.0 Å². The molecule has 1 aliphatic heterocycles. The highest BCUT2D eigenvalue weighted by Crippen LogP contribution is 2.30. The number of nitrogens with one attached hydrogen (secondary N) is 1. The van der Waals surface area contributed by atoms with Crippen LogP contribution in [-0.2, 0) is 0 Å². The van der Waals surface area contributed by atoms with E-state index in [0.717, 1.165) is 41.2 Å². The lowest BCUT2D eigenvalue weighted by Gasteiger charge is -2.36. The molecule has 0 aliphatic carbocycles. The molecule has 0 bridgehead atoms. The van der Waals surface area contributed by atoms with Crippen molar-refractivity contribution >= 4 is 28.5 Å². The van der Waals surface area contributed by atoms with E-state index >= 15 is 0 Å². The van der Waals surface area contributed by atoms with Gasteiger partial charge in [-0.3, -0.25) is 0 Å². The molecule has 0 spiro atoms. The lowest BCUT2D eigenvalue weighted by Crippen LogP contribution is -2.54. The predicted molar refractivity (Wildman–Crippen MR) is 104 cm³/mol. The fourth-order valence-electron chi connectivity index (χ4n) is 3.54. The van der Waals surface area contributed by atoms with Gasteiger partial charge < -0.3 is 10.2 Å². The Bertz CT molecular complexity index is 887. The van der Waals surface area contributed by atoms with Crippen LogP contribution >= 0.6 is 11.6 Å². The predicted octanol–water partition coefficient (Wildman–Crippen LogP) is 4.14. The molecule has 4 rings (SSSR count). The second-order valence-electron chi connectivity index (χ2n) is 6.77. The molecule has 0 amide bonds. The zero-order valence-corrected chi connectivity index (χ0v) is 15.2. The zero-order valence-electron chi connectivity index (χ0n) is 14.4. The number of rotatable bonds is 2. The SMILES string of the molecule is C[C@@H]1CN(c2nc(-c3ccccc3)c3cc(Cl)ccc3n2)C[C@H](C)N1. The second kappa shape index (κ2) is 6.62. The lowest BCUT2D eigenvalue weighted by molar-refractivity contribution is 0.403. The molecule has 3 aromatic rings. The number of nitrogens with zero attached hydrogens (tertiary/aromatic N) is 3. The number of hydrogen-bond acceptors (Lipinski definition) is 4. The average Bonchev–Trinajstić information content (AvgIpc) is 2.61. The Kier molecular flexibility index (Phi) is 4.32. The van der Waals surface area contributed by atoms with Crippen molar-refractivity contribution in [2.45, 2.75) is 25.9 Å². The van der Waals surface area contributed by atoms with Gasteiger partial charge in [0.25, 0.3) is 0 Å². The summed E-state index contributed by atoms with van der Waals surface area (Å²) in [4.78, 5) is 12.0. The van der Waals surface area contributed by atoms with Crippen molar-refractivity contribution in [3.63, 3.8) is 0 Å². The fourth-order valence-corrected chi connectivity index (χ4v) is 3.71. The van der Waals surface area contributed by atoms with E-state index in [1.54, 1.807) is 0 Å². The largest absolute Gasteiger partial charge is 0.338 e. The summed E-state index contributed by atoms with van der Waals surface area (Å²) in [6.45, 7) is 6.19. The first-order chi connectivity index (χ1) is 12.1. The van der Waals surface area contributed by atoms with Gasteiger partial charge in [0.2, 0.25) is 5.95 Å². The average molecular weight is 353 g/mol. The van der Waals surface area contributed by atoms with Gasteiger partial charge in [0.1, 0.15) is 0 Å². The van der Waals surface area contributed by atoms with Crippen LogP contribution in [0.4, 0.5) is 5.95 Å². The summed E-state index contributed by atoms with van der Waals surface area (Å²) in [5, 5.41) is 5.24. The summed E-state index contributed by atoms with van der Waals surface area (Å²) in [6, 6.07) is 16.9. The molecule has 128 valence electrons. The van der Waals surface area contributed by atoms with Gasteiger partial charge in [0.05, 0.1) is 11.2 Å². The number of piperazine rings is 1. The molecule has 4 nitrogen and oxygen atoms in total. The van der Waals surface area contributed by atoms with Gasteiger partial charge in [-0.25, -0.2) is 9.97 Å². The Hall–Kier alpha value is -2.17. The van der Waals surface area contributed by atoms with Crippen LogP contribution in [0.3, 0.4) is 0 Å². The van der Waals surface area contributed by atoms with E-state index in [1.807, 2.05) is 36.4 Å². The number of aromatic nitrogens is 2. The summed E-state index contributed by atoms with van der Waals surface area (Å²) in [5.41, 5.74) is 2.93. The third-order valence-corrected chi connectivity index (χ3v) is 4.77. The number of halogens is 1. The van der Waals surface area contributed by atoms with E-state index in [2.05, 4.69) is 36.2 Å². The van der Waals surface area contributed by atoms with Crippen LogP contribution in [-0.4, -0.2) is 35.1 Å². The van der Waals surface area contributed by atoms with Crippen molar-refractivity contribution in [1.29, 1.82) is 0 Å². The first-order valence-corrected chi connectivity index (χ1v) is 9.01. The minimum atomic E-state index is 0.411. The number of fused-ring (bicyclic) bond motifs is 1. The van der Waals surface area contributed by atoms with Crippen LogP contribution in [0.5, 0.6) is 0 Å². The van der Waals surface area contributed by atoms with Gasteiger partial charge in [-0.05, 0) is 32.0 Å². The van der Waals surface area contributed by atoms with Crippen molar-refractivity contribution in [2.24, 2.45) is 0 Å². The molecule has 2 atom stereocenters. The standard InChI is InChI=1S/C20H21ClN4/c1-13-11-25(12-14(2)22-13)20-23-18-9-8-16(21)10-17(18)19(24-20)15-6-4-3-5-7-15/h3-10,13-14,22H,11-12H2,1-2H3/t13-,14+. The van der Waals surface area contributed by atoms with E-state index in [9.17, 15) is 0 Å². The smallest absolute Gasteiger partial charge is 0.226 e. The van der Waals surface area contributed by atoms with Gasteiger partial charge in [-0.15, -0.1) is 0 Å². The van der Waals surface area contributed by atoms with Gasteiger partial charge in [0, 0.05) is 41.1 Å². The normalized spacial score (nSPS) is 20.8. The van der Waals surface area contributed by atoms with Crippen LogP contribution < -0.4 is 10.2 Å². The van der Waals surface area contributed by atoms with E-state index in [1.165, 1.54) is 0 Å². The van der Waals surface area contributed by atoms with E-state index < -0.39 is 0 Å². The maximum atomic E-state index is 6.23. The molecular formula is C20H21ClN4. The number of anilines is 1. The molecule has 1 saturated heterocycles. The molecule has 0 unspecified atom stereocenters. The summed E-state index contributed by atoms with van der Waals surface area (Å²) in [6.07, 6.45) is 0. The summed E-state index contributed by atoms with van der Waals surface area (Å²) in [7, 11) is 0. The highest BCUT2D eigenvalue weighted by Gasteiger charge is 2.24. The van der Waals surface area contributed by atoms with Crippen LogP contribution in [0, 0.1) is 0 Å². The van der Waals surface area contributed by atoms with E-state index in [4.69, 9.17) is 21.6 Å². The van der Waals surface area contributed by atoms with Crippen molar-refractivity contribution in [3.05, 3.63) is 53.6 Å². The molecule has 0 saturated carbocycles. The molecule has 1 fully saturated rings. The third-order valence-electron chi connectivity index (χ3n) is 4.53.